The van der Waals surface area contributed by atoms with Crippen LogP contribution in [0.5, 0.6) is 0 Å². The van der Waals surface area contributed by atoms with Crippen LogP contribution in [0.15, 0.2) is 6.07 Å². The number of aryl methyl sites for hydroxylation is 3. The van der Waals surface area contributed by atoms with Crippen molar-refractivity contribution in [2.45, 2.75) is 47.1 Å². The zero-order valence-corrected chi connectivity index (χ0v) is 13.0. The van der Waals surface area contributed by atoms with E-state index in [1.807, 2.05) is 25.8 Å². The van der Waals surface area contributed by atoms with E-state index in [9.17, 15) is 0 Å². The van der Waals surface area contributed by atoms with Crippen LogP contribution in [0.4, 0.5) is 5.95 Å². The highest BCUT2D eigenvalue weighted by Gasteiger charge is 2.10. The van der Waals surface area contributed by atoms with Gasteiger partial charge in [0.05, 0.1) is 17.9 Å². The maximum Gasteiger partial charge on any atom is 0.225 e. The first-order valence-corrected chi connectivity index (χ1v) is 7.07. The van der Waals surface area contributed by atoms with E-state index >= 15 is 0 Å². The maximum absolute atomic E-state index is 4.55. The predicted molar refractivity (Wildman–Crippen MR) is 80.9 cm³/mol. The van der Waals surface area contributed by atoms with Crippen LogP contribution in [-0.2, 0) is 13.0 Å². The molecular formula is C15H23N5. The van der Waals surface area contributed by atoms with Crippen molar-refractivity contribution in [2.75, 3.05) is 11.9 Å². The summed E-state index contributed by atoms with van der Waals surface area (Å²) in [6.07, 6.45) is 2.12. The average molecular weight is 273 g/mol. The van der Waals surface area contributed by atoms with E-state index in [4.69, 9.17) is 0 Å². The monoisotopic (exact) mass is 273 g/mol. The van der Waals surface area contributed by atoms with Crippen molar-refractivity contribution in [3.8, 4) is 0 Å². The summed E-state index contributed by atoms with van der Waals surface area (Å²) in [6, 6.07) is 2.12. The van der Waals surface area contributed by atoms with Gasteiger partial charge < -0.3 is 4.90 Å². The summed E-state index contributed by atoms with van der Waals surface area (Å²) in [6.45, 7) is 9.00. The molecule has 2 heterocycles. The summed E-state index contributed by atoms with van der Waals surface area (Å²) in [5.41, 5.74) is 5.45. The summed E-state index contributed by atoms with van der Waals surface area (Å²) in [4.78, 5) is 11.2. The Morgan fingerprint density at radius 1 is 1.15 bits per heavy atom. The molecule has 0 aliphatic carbocycles. The van der Waals surface area contributed by atoms with E-state index in [0.29, 0.717) is 0 Å². The molecule has 2 aromatic heterocycles. The molecule has 0 amide bonds. The SMILES string of the molecule is CCCc1cc(CN(C)c2nc(C)c(C)c(C)n2)[nH]n1. The number of hydrogen-bond acceptors (Lipinski definition) is 4. The topological polar surface area (TPSA) is 57.7 Å². The van der Waals surface area contributed by atoms with Gasteiger partial charge in [0.15, 0.2) is 0 Å². The minimum Gasteiger partial charge on any atom is -0.338 e. The van der Waals surface area contributed by atoms with Crippen molar-refractivity contribution in [1.29, 1.82) is 0 Å². The zero-order valence-electron chi connectivity index (χ0n) is 13.0. The van der Waals surface area contributed by atoms with Crippen molar-refractivity contribution in [2.24, 2.45) is 0 Å². The van der Waals surface area contributed by atoms with Gasteiger partial charge in [-0.15, -0.1) is 0 Å². The Bertz CT molecular complexity index is 565. The van der Waals surface area contributed by atoms with Crippen LogP contribution < -0.4 is 4.90 Å². The minimum atomic E-state index is 0.735. The molecule has 108 valence electrons. The molecule has 0 saturated heterocycles. The number of hydrogen-bond donors (Lipinski definition) is 1. The fraction of sp³-hybridized carbons (Fsp3) is 0.533. The first kappa shape index (κ1) is 14.5. The third kappa shape index (κ3) is 3.15. The van der Waals surface area contributed by atoms with Crippen LogP contribution in [0.3, 0.4) is 0 Å². The van der Waals surface area contributed by atoms with Gasteiger partial charge in [0.2, 0.25) is 5.95 Å². The molecule has 0 radical (unpaired) electrons. The summed E-state index contributed by atoms with van der Waals surface area (Å²) in [5.74, 6) is 0.761. The molecule has 0 spiro atoms. The summed E-state index contributed by atoms with van der Waals surface area (Å²) in [7, 11) is 2.00. The standard InChI is InChI=1S/C15H23N5/c1-6-7-13-8-14(19-18-13)9-20(5)15-16-11(3)10(2)12(4)17-15/h8H,6-7,9H2,1-5H3,(H,18,19). The van der Waals surface area contributed by atoms with E-state index in [1.54, 1.807) is 0 Å². The predicted octanol–water partition coefficient (Wildman–Crippen LogP) is 2.71. The molecule has 0 atom stereocenters. The lowest BCUT2D eigenvalue weighted by molar-refractivity contribution is 0.814. The molecule has 5 nitrogen and oxygen atoms in total. The Morgan fingerprint density at radius 3 is 2.40 bits per heavy atom. The fourth-order valence-electron chi connectivity index (χ4n) is 2.13. The van der Waals surface area contributed by atoms with Gasteiger partial charge in [0.1, 0.15) is 0 Å². The molecule has 0 aromatic carbocycles. The van der Waals surface area contributed by atoms with Crippen molar-refractivity contribution < 1.29 is 0 Å². The van der Waals surface area contributed by atoms with Crippen LogP contribution in [-0.4, -0.2) is 27.2 Å². The molecule has 0 saturated carbocycles. The van der Waals surface area contributed by atoms with Gasteiger partial charge in [0, 0.05) is 18.4 Å². The van der Waals surface area contributed by atoms with Gasteiger partial charge in [-0.3, -0.25) is 5.10 Å². The van der Waals surface area contributed by atoms with Gasteiger partial charge in [0.25, 0.3) is 0 Å². The number of nitrogens with one attached hydrogen (secondary N) is 1. The summed E-state index contributed by atoms with van der Waals surface area (Å²) in [5, 5.41) is 7.39. The van der Waals surface area contributed by atoms with E-state index in [-0.39, 0.29) is 0 Å². The molecule has 5 heteroatoms. The highest BCUT2D eigenvalue weighted by molar-refractivity contribution is 5.35. The normalized spacial score (nSPS) is 10.8. The largest absolute Gasteiger partial charge is 0.338 e. The van der Waals surface area contributed by atoms with E-state index < -0.39 is 0 Å². The maximum atomic E-state index is 4.55. The van der Waals surface area contributed by atoms with E-state index in [1.165, 1.54) is 0 Å². The Labute approximate surface area is 120 Å². The van der Waals surface area contributed by atoms with Crippen molar-refractivity contribution >= 4 is 5.95 Å². The number of H-pyrrole nitrogens is 1. The summed E-state index contributed by atoms with van der Waals surface area (Å²) >= 11 is 0. The van der Waals surface area contributed by atoms with Crippen LogP contribution in [0.2, 0.25) is 0 Å². The fourth-order valence-corrected chi connectivity index (χ4v) is 2.13. The lowest BCUT2D eigenvalue weighted by Crippen LogP contribution is -2.20. The second-order valence-electron chi connectivity index (χ2n) is 5.31. The van der Waals surface area contributed by atoms with Crippen LogP contribution >= 0.6 is 0 Å². The smallest absolute Gasteiger partial charge is 0.225 e. The number of aromatic nitrogens is 4. The van der Waals surface area contributed by atoms with Crippen LogP contribution in [0, 0.1) is 20.8 Å². The molecule has 0 fully saturated rings. The Balaban J connectivity index is 2.12. The lowest BCUT2D eigenvalue weighted by atomic mass is 10.2. The molecule has 1 N–H and O–H groups in total. The minimum absolute atomic E-state index is 0.735. The number of rotatable bonds is 5. The van der Waals surface area contributed by atoms with Gasteiger partial charge in [-0.05, 0) is 38.8 Å². The van der Waals surface area contributed by atoms with Crippen molar-refractivity contribution in [3.05, 3.63) is 34.4 Å². The van der Waals surface area contributed by atoms with Crippen molar-refractivity contribution in [1.82, 2.24) is 20.2 Å². The summed E-state index contributed by atoms with van der Waals surface area (Å²) < 4.78 is 0. The highest BCUT2D eigenvalue weighted by atomic mass is 15.2. The average Bonchev–Trinajstić information content (AvgIpc) is 2.83. The van der Waals surface area contributed by atoms with Crippen LogP contribution in [0.25, 0.3) is 0 Å². The number of nitrogens with zero attached hydrogens (tertiary/aromatic N) is 4. The molecule has 0 unspecified atom stereocenters. The molecule has 2 aromatic rings. The Morgan fingerprint density at radius 2 is 1.80 bits per heavy atom. The molecular weight excluding hydrogens is 250 g/mol. The Hall–Kier alpha value is -1.91. The second kappa shape index (κ2) is 6.03. The van der Waals surface area contributed by atoms with Gasteiger partial charge in [-0.25, -0.2) is 9.97 Å². The third-order valence-electron chi connectivity index (χ3n) is 3.56. The van der Waals surface area contributed by atoms with Crippen molar-refractivity contribution in [3.63, 3.8) is 0 Å². The van der Waals surface area contributed by atoms with E-state index in [0.717, 1.165) is 53.7 Å². The lowest BCUT2D eigenvalue weighted by Gasteiger charge is -2.17. The number of anilines is 1. The molecule has 0 aliphatic heterocycles. The molecule has 20 heavy (non-hydrogen) atoms. The first-order chi connectivity index (χ1) is 9.51. The van der Waals surface area contributed by atoms with Gasteiger partial charge >= 0.3 is 0 Å². The third-order valence-corrected chi connectivity index (χ3v) is 3.56. The molecule has 2 rings (SSSR count). The molecule has 0 bridgehead atoms. The molecule has 0 aliphatic rings. The number of aromatic amines is 1. The van der Waals surface area contributed by atoms with E-state index in [2.05, 4.69) is 40.1 Å². The zero-order chi connectivity index (χ0) is 14.7. The highest BCUT2D eigenvalue weighted by Crippen LogP contribution is 2.15. The Kier molecular flexibility index (Phi) is 4.37. The second-order valence-corrected chi connectivity index (χ2v) is 5.31. The van der Waals surface area contributed by atoms with Gasteiger partial charge in [-0.2, -0.15) is 5.10 Å². The van der Waals surface area contributed by atoms with Crippen LogP contribution in [0.1, 0.15) is 41.7 Å². The first-order valence-electron chi connectivity index (χ1n) is 7.07. The quantitative estimate of drug-likeness (QED) is 0.910. The van der Waals surface area contributed by atoms with Gasteiger partial charge in [-0.1, -0.05) is 13.3 Å².